The van der Waals surface area contributed by atoms with Gasteiger partial charge in [0.05, 0.1) is 7.11 Å². The number of nitrogens with one attached hydrogen (secondary N) is 2. The van der Waals surface area contributed by atoms with Crippen LogP contribution in [-0.2, 0) is 14.3 Å². The lowest BCUT2D eigenvalue weighted by Gasteiger charge is -2.29. The van der Waals surface area contributed by atoms with Gasteiger partial charge in [0.1, 0.15) is 6.04 Å². The van der Waals surface area contributed by atoms with Crippen LogP contribution in [0.15, 0.2) is 24.3 Å². The van der Waals surface area contributed by atoms with E-state index in [1.165, 1.54) is 20.5 Å². The maximum atomic E-state index is 12.4. The van der Waals surface area contributed by atoms with Crippen molar-refractivity contribution in [2.45, 2.75) is 45.1 Å². The van der Waals surface area contributed by atoms with Crippen LogP contribution in [-0.4, -0.2) is 30.9 Å². The molecule has 1 atom stereocenters. The van der Waals surface area contributed by atoms with E-state index in [4.69, 9.17) is 4.74 Å². The second kappa shape index (κ2) is 8.47. The fourth-order valence-electron chi connectivity index (χ4n) is 3.10. The van der Waals surface area contributed by atoms with Crippen molar-refractivity contribution in [3.8, 4) is 0 Å². The molecule has 1 fully saturated rings. The summed E-state index contributed by atoms with van der Waals surface area (Å²) in [5.41, 5.74) is 1.06. The van der Waals surface area contributed by atoms with Crippen LogP contribution in [0.3, 0.4) is 0 Å². The lowest BCUT2D eigenvalue weighted by molar-refractivity contribution is -0.144. The van der Waals surface area contributed by atoms with E-state index in [-0.39, 0.29) is 17.7 Å². The quantitative estimate of drug-likeness (QED) is 0.811. The van der Waals surface area contributed by atoms with Gasteiger partial charge in [0, 0.05) is 18.2 Å². The Hall–Kier alpha value is -2.37. The minimum atomic E-state index is -0.613. The third kappa shape index (κ3) is 4.81. The maximum absolute atomic E-state index is 12.4. The first-order valence-corrected chi connectivity index (χ1v) is 8.27. The van der Waals surface area contributed by atoms with Gasteiger partial charge in [-0.15, -0.1) is 0 Å². The Morgan fingerprint density at radius 2 is 1.71 bits per heavy atom. The second-order valence-corrected chi connectivity index (χ2v) is 6.13. The minimum Gasteiger partial charge on any atom is -0.467 e. The van der Waals surface area contributed by atoms with Gasteiger partial charge in [-0.1, -0.05) is 19.3 Å². The zero-order chi connectivity index (χ0) is 17.5. The number of carbonyl (C=O) groups excluding carboxylic acids is 3. The molecule has 2 amide bonds. The van der Waals surface area contributed by atoms with Crippen LogP contribution in [0.25, 0.3) is 0 Å². The summed E-state index contributed by atoms with van der Waals surface area (Å²) >= 11 is 0. The lowest BCUT2D eigenvalue weighted by atomic mass is 9.83. The van der Waals surface area contributed by atoms with E-state index >= 15 is 0 Å². The summed E-state index contributed by atoms with van der Waals surface area (Å²) in [7, 11) is 1.34. The zero-order valence-electron chi connectivity index (χ0n) is 14.1. The van der Waals surface area contributed by atoms with Gasteiger partial charge in [-0.25, -0.2) is 4.79 Å². The fraction of sp³-hybridized carbons (Fsp3) is 0.500. The Balaban J connectivity index is 2.06. The van der Waals surface area contributed by atoms with Crippen molar-refractivity contribution in [2.24, 2.45) is 5.92 Å². The summed E-state index contributed by atoms with van der Waals surface area (Å²) < 4.78 is 4.86. The van der Waals surface area contributed by atoms with Gasteiger partial charge in [-0.3, -0.25) is 9.59 Å². The number of benzene rings is 1. The topological polar surface area (TPSA) is 84.5 Å². The van der Waals surface area contributed by atoms with E-state index in [2.05, 4.69) is 10.6 Å². The van der Waals surface area contributed by atoms with Crippen LogP contribution in [0.5, 0.6) is 0 Å². The fourth-order valence-corrected chi connectivity index (χ4v) is 3.10. The van der Waals surface area contributed by atoms with Gasteiger partial charge in [0.15, 0.2) is 0 Å². The standard InChI is InChI=1S/C18H24N2O4/c1-12(21)19-15-10-8-14(9-11-15)17(22)20-16(18(23)24-2)13-6-4-3-5-7-13/h8-11,13,16H,3-7H2,1-2H3,(H,19,21)(H,20,22)/t16-/m0/s1. The van der Waals surface area contributed by atoms with Crippen LogP contribution < -0.4 is 10.6 Å². The molecule has 0 bridgehead atoms. The molecule has 0 saturated heterocycles. The van der Waals surface area contributed by atoms with E-state index in [1.54, 1.807) is 24.3 Å². The van der Waals surface area contributed by atoms with Crippen molar-refractivity contribution < 1.29 is 19.1 Å². The van der Waals surface area contributed by atoms with E-state index in [9.17, 15) is 14.4 Å². The first kappa shape index (κ1) is 18.0. The average Bonchev–Trinajstić information content (AvgIpc) is 2.59. The molecule has 6 heteroatoms. The highest BCUT2D eigenvalue weighted by Crippen LogP contribution is 2.27. The molecule has 1 aliphatic rings. The SMILES string of the molecule is COC(=O)[C@@H](NC(=O)c1ccc(NC(C)=O)cc1)C1CCCCC1. The zero-order valence-corrected chi connectivity index (χ0v) is 14.1. The van der Waals surface area contributed by atoms with Gasteiger partial charge in [-0.2, -0.15) is 0 Å². The van der Waals surface area contributed by atoms with Gasteiger partial charge >= 0.3 is 5.97 Å². The van der Waals surface area contributed by atoms with Crippen molar-refractivity contribution in [1.82, 2.24) is 5.32 Å². The molecule has 0 aliphatic heterocycles. The Morgan fingerprint density at radius 1 is 1.08 bits per heavy atom. The van der Waals surface area contributed by atoms with Crippen molar-refractivity contribution in [3.63, 3.8) is 0 Å². The molecule has 0 spiro atoms. The Kier molecular flexibility index (Phi) is 6.35. The van der Waals surface area contributed by atoms with Crippen molar-refractivity contribution >= 4 is 23.5 Å². The molecule has 1 aromatic carbocycles. The number of hydrogen-bond donors (Lipinski definition) is 2. The highest BCUT2D eigenvalue weighted by molar-refractivity contribution is 5.97. The van der Waals surface area contributed by atoms with Gasteiger partial charge in [-0.05, 0) is 43.0 Å². The Labute approximate surface area is 142 Å². The van der Waals surface area contributed by atoms with Crippen LogP contribution in [0, 0.1) is 5.92 Å². The molecule has 1 aromatic rings. The number of rotatable bonds is 5. The molecular weight excluding hydrogens is 308 g/mol. The summed E-state index contributed by atoms with van der Waals surface area (Å²) in [6.07, 6.45) is 5.14. The summed E-state index contributed by atoms with van der Waals surface area (Å²) in [6.45, 7) is 1.42. The average molecular weight is 332 g/mol. The molecular formula is C18H24N2O4. The van der Waals surface area contributed by atoms with Crippen LogP contribution in [0.2, 0.25) is 0 Å². The van der Waals surface area contributed by atoms with Crippen molar-refractivity contribution in [1.29, 1.82) is 0 Å². The molecule has 1 saturated carbocycles. The predicted molar refractivity (Wildman–Crippen MR) is 90.6 cm³/mol. The first-order chi connectivity index (χ1) is 11.5. The number of methoxy groups -OCH3 is 1. The Bertz CT molecular complexity index is 592. The molecule has 130 valence electrons. The van der Waals surface area contributed by atoms with Crippen molar-refractivity contribution in [2.75, 3.05) is 12.4 Å². The molecule has 0 heterocycles. The number of esters is 1. The normalized spacial score (nSPS) is 16.1. The molecule has 0 radical (unpaired) electrons. The third-order valence-corrected chi connectivity index (χ3v) is 4.33. The third-order valence-electron chi connectivity index (χ3n) is 4.33. The molecule has 1 aliphatic carbocycles. The molecule has 6 nitrogen and oxygen atoms in total. The van der Waals surface area contributed by atoms with E-state index < -0.39 is 12.0 Å². The Morgan fingerprint density at radius 3 is 2.25 bits per heavy atom. The molecule has 0 aromatic heterocycles. The van der Waals surface area contributed by atoms with Gasteiger partial charge in [0.25, 0.3) is 5.91 Å². The van der Waals surface area contributed by atoms with E-state index in [1.807, 2.05) is 0 Å². The largest absolute Gasteiger partial charge is 0.467 e. The minimum absolute atomic E-state index is 0.119. The van der Waals surface area contributed by atoms with Crippen molar-refractivity contribution in [3.05, 3.63) is 29.8 Å². The highest BCUT2D eigenvalue weighted by Gasteiger charge is 2.31. The highest BCUT2D eigenvalue weighted by atomic mass is 16.5. The molecule has 24 heavy (non-hydrogen) atoms. The van der Waals surface area contributed by atoms with Crippen LogP contribution in [0.1, 0.15) is 49.4 Å². The summed E-state index contributed by atoms with van der Waals surface area (Å²) in [5.74, 6) is -0.764. The lowest BCUT2D eigenvalue weighted by Crippen LogP contribution is -2.47. The number of ether oxygens (including phenoxy) is 1. The smallest absolute Gasteiger partial charge is 0.328 e. The number of hydrogen-bond acceptors (Lipinski definition) is 4. The van der Waals surface area contributed by atoms with E-state index in [0.29, 0.717) is 11.3 Å². The van der Waals surface area contributed by atoms with Crippen LogP contribution in [0.4, 0.5) is 5.69 Å². The van der Waals surface area contributed by atoms with Crippen LogP contribution >= 0.6 is 0 Å². The number of anilines is 1. The molecule has 2 rings (SSSR count). The maximum Gasteiger partial charge on any atom is 0.328 e. The monoisotopic (exact) mass is 332 g/mol. The molecule has 2 N–H and O–H groups in total. The summed E-state index contributed by atoms with van der Waals surface area (Å²) in [5, 5.41) is 5.46. The van der Waals surface area contributed by atoms with Gasteiger partial charge in [0.2, 0.25) is 5.91 Å². The van der Waals surface area contributed by atoms with Gasteiger partial charge < -0.3 is 15.4 Å². The second-order valence-electron chi connectivity index (χ2n) is 6.13. The predicted octanol–water partition coefficient (Wildman–Crippen LogP) is 2.50. The van der Waals surface area contributed by atoms with E-state index in [0.717, 1.165) is 25.7 Å². The summed E-state index contributed by atoms with van der Waals surface area (Å²) in [4.78, 5) is 35.5. The number of carbonyl (C=O) groups is 3. The molecule has 0 unspecified atom stereocenters. The summed E-state index contributed by atoms with van der Waals surface area (Å²) in [6, 6.07) is 5.94. The first-order valence-electron chi connectivity index (χ1n) is 8.27. The number of amides is 2.